The molecule has 0 atom stereocenters. The second-order valence-electron chi connectivity index (χ2n) is 4.30. The lowest BCUT2D eigenvalue weighted by Gasteiger charge is -2.08. The van der Waals surface area contributed by atoms with E-state index < -0.39 is 10.0 Å². The summed E-state index contributed by atoms with van der Waals surface area (Å²) in [7, 11) is -3.42. The molecule has 1 N–H and O–H groups in total. The average Bonchev–Trinajstić information content (AvgIpc) is 2.35. The van der Waals surface area contributed by atoms with Crippen molar-refractivity contribution in [1.82, 2.24) is 4.98 Å². The molecule has 0 amide bonds. The highest BCUT2D eigenvalue weighted by atomic mass is 79.9. The SMILES string of the molecule is CS(=O)(=O)Nc1cc(Br)cc(C(=O)c2ccnc(Cl)c2)c1. The zero-order valence-corrected chi connectivity index (χ0v) is 14.0. The maximum Gasteiger partial charge on any atom is 0.229 e. The van der Waals surface area contributed by atoms with Gasteiger partial charge in [-0.05, 0) is 30.3 Å². The number of hydrogen-bond acceptors (Lipinski definition) is 4. The Balaban J connectivity index is 2.42. The van der Waals surface area contributed by atoms with Crippen LogP contribution in [0.2, 0.25) is 5.15 Å². The molecule has 5 nitrogen and oxygen atoms in total. The molecule has 0 radical (unpaired) electrons. The number of ketones is 1. The van der Waals surface area contributed by atoms with E-state index in [9.17, 15) is 13.2 Å². The zero-order valence-electron chi connectivity index (χ0n) is 10.8. The summed E-state index contributed by atoms with van der Waals surface area (Å²) < 4.78 is 25.5. The number of carbonyl (C=O) groups is 1. The molecular weight excluding hydrogens is 380 g/mol. The lowest BCUT2D eigenvalue weighted by Crippen LogP contribution is -2.10. The Morgan fingerprint density at radius 3 is 2.57 bits per heavy atom. The van der Waals surface area contributed by atoms with E-state index in [-0.39, 0.29) is 10.9 Å². The highest BCUT2D eigenvalue weighted by Crippen LogP contribution is 2.23. The molecule has 2 aromatic rings. The summed E-state index contributed by atoms with van der Waals surface area (Å²) >= 11 is 9.01. The molecule has 0 aliphatic carbocycles. The highest BCUT2D eigenvalue weighted by Gasteiger charge is 2.13. The normalized spacial score (nSPS) is 11.2. The predicted molar refractivity (Wildman–Crippen MR) is 85.3 cm³/mol. The molecule has 0 saturated carbocycles. The van der Waals surface area contributed by atoms with Crippen LogP contribution in [0.25, 0.3) is 0 Å². The molecule has 0 aliphatic heterocycles. The van der Waals surface area contributed by atoms with Gasteiger partial charge in [0.25, 0.3) is 0 Å². The summed E-state index contributed by atoms with van der Waals surface area (Å²) in [5.41, 5.74) is 1.01. The van der Waals surface area contributed by atoms with Crippen molar-refractivity contribution < 1.29 is 13.2 Å². The molecule has 0 unspecified atom stereocenters. The molecule has 1 aromatic carbocycles. The molecule has 1 heterocycles. The smallest absolute Gasteiger partial charge is 0.229 e. The molecule has 2 rings (SSSR count). The van der Waals surface area contributed by atoms with Gasteiger partial charge in [0, 0.05) is 21.8 Å². The van der Waals surface area contributed by atoms with Crippen molar-refractivity contribution in [3.8, 4) is 0 Å². The number of nitrogens with zero attached hydrogens (tertiary/aromatic N) is 1. The van der Waals surface area contributed by atoms with Crippen molar-refractivity contribution in [2.24, 2.45) is 0 Å². The molecule has 8 heteroatoms. The fourth-order valence-electron chi connectivity index (χ4n) is 1.70. The maximum atomic E-state index is 12.4. The number of benzene rings is 1. The first-order chi connectivity index (χ1) is 9.74. The molecule has 1 aromatic heterocycles. The number of halogens is 2. The van der Waals surface area contributed by atoms with Gasteiger partial charge in [-0.3, -0.25) is 9.52 Å². The molecule has 0 aliphatic rings. The van der Waals surface area contributed by atoms with E-state index in [2.05, 4.69) is 25.6 Å². The standard InChI is InChI=1S/C13H10BrClN2O3S/c1-21(19,20)17-11-5-9(4-10(14)7-11)13(18)8-2-3-16-12(15)6-8/h2-7,17H,1H3. The van der Waals surface area contributed by atoms with Crippen LogP contribution in [0.4, 0.5) is 5.69 Å². The molecule has 21 heavy (non-hydrogen) atoms. The number of nitrogens with one attached hydrogen (secondary N) is 1. The Kier molecular flexibility index (Phi) is 4.65. The Hall–Kier alpha value is -1.44. The van der Waals surface area contributed by atoms with Gasteiger partial charge in [-0.2, -0.15) is 0 Å². The van der Waals surface area contributed by atoms with Crippen LogP contribution in [0.5, 0.6) is 0 Å². The number of pyridine rings is 1. The summed E-state index contributed by atoms with van der Waals surface area (Å²) in [5.74, 6) is -0.280. The average molecular weight is 390 g/mol. The van der Waals surface area contributed by atoms with E-state index in [0.717, 1.165) is 6.26 Å². The quantitative estimate of drug-likeness (QED) is 0.644. The fraction of sp³-hybridized carbons (Fsp3) is 0.0769. The number of rotatable bonds is 4. The third-order valence-corrected chi connectivity index (χ3v) is 3.72. The number of sulfonamides is 1. The van der Waals surface area contributed by atoms with Gasteiger partial charge in [0.2, 0.25) is 10.0 Å². The lowest BCUT2D eigenvalue weighted by atomic mass is 10.0. The Morgan fingerprint density at radius 1 is 1.24 bits per heavy atom. The number of anilines is 1. The van der Waals surface area contributed by atoms with Crippen LogP contribution in [0, 0.1) is 0 Å². The minimum atomic E-state index is -3.42. The molecule has 0 fully saturated rings. The van der Waals surface area contributed by atoms with Crippen LogP contribution in [0.15, 0.2) is 41.0 Å². The fourth-order valence-corrected chi connectivity index (χ4v) is 2.92. The molecule has 110 valence electrons. The highest BCUT2D eigenvalue weighted by molar-refractivity contribution is 9.10. The first-order valence-electron chi connectivity index (χ1n) is 5.69. The van der Waals surface area contributed by atoms with Crippen molar-refractivity contribution in [2.75, 3.05) is 11.0 Å². The van der Waals surface area contributed by atoms with Crippen LogP contribution in [-0.4, -0.2) is 25.4 Å². The first-order valence-corrected chi connectivity index (χ1v) is 8.75. The maximum absolute atomic E-state index is 12.4. The topological polar surface area (TPSA) is 76.1 Å². The first kappa shape index (κ1) is 15.9. The van der Waals surface area contributed by atoms with Gasteiger partial charge >= 0.3 is 0 Å². The molecule has 0 saturated heterocycles. The van der Waals surface area contributed by atoms with Crippen LogP contribution in [-0.2, 0) is 10.0 Å². The third-order valence-electron chi connectivity index (χ3n) is 2.45. The van der Waals surface area contributed by atoms with Crippen LogP contribution in [0.1, 0.15) is 15.9 Å². The predicted octanol–water partition coefficient (Wildman–Crippen LogP) is 3.10. The van der Waals surface area contributed by atoms with E-state index in [4.69, 9.17) is 11.6 Å². The molecule has 0 spiro atoms. The van der Waals surface area contributed by atoms with Gasteiger partial charge in [0.05, 0.1) is 11.9 Å². The van der Waals surface area contributed by atoms with Crippen LogP contribution < -0.4 is 4.72 Å². The van der Waals surface area contributed by atoms with Gasteiger partial charge in [-0.1, -0.05) is 27.5 Å². The summed E-state index contributed by atoms with van der Waals surface area (Å²) in [6.07, 6.45) is 2.47. The van der Waals surface area contributed by atoms with Crippen molar-refractivity contribution >= 4 is 49.0 Å². The number of aromatic nitrogens is 1. The third kappa shape index (κ3) is 4.52. The second kappa shape index (κ2) is 6.13. The van der Waals surface area contributed by atoms with Crippen LogP contribution >= 0.6 is 27.5 Å². The van der Waals surface area contributed by atoms with Crippen molar-refractivity contribution in [2.45, 2.75) is 0 Å². The van der Waals surface area contributed by atoms with E-state index >= 15 is 0 Å². The van der Waals surface area contributed by atoms with Crippen molar-refractivity contribution in [3.63, 3.8) is 0 Å². The van der Waals surface area contributed by atoms with Crippen molar-refractivity contribution in [1.29, 1.82) is 0 Å². The monoisotopic (exact) mass is 388 g/mol. The molecular formula is C13H10BrClN2O3S. The van der Waals surface area contributed by atoms with E-state index in [0.29, 0.717) is 21.3 Å². The Bertz CT molecular complexity index is 809. The van der Waals surface area contributed by atoms with Gasteiger partial charge < -0.3 is 0 Å². The largest absolute Gasteiger partial charge is 0.289 e. The summed E-state index contributed by atoms with van der Waals surface area (Å²) in [6, 6.07) is 7.62. The Labute approximate surface area is 135 Å². The van der Waals surface area contributed by atoms with Gasteiger partial charge in [-0.15, -0.1) is 0 Å². The van der Waals surface area contributed by atoms with E-state index in [1.54, 1.807) is 18.2 Å². The van der Waals surface area contributed by atoms with Gasteiger partial charge in [-0.25, -0.2) is 13.4 Å². The molecule has 0 bridgehead atoms. The summed E-state index contributed by atoms with van der Waals surface area (Å²) in [6.45, 7) is 0. The summed E-state index contributed by atoms with van der Waals surface area (Å²) in [4.78, 5) is 16.2. The van der Waals surface area contributed by atoms with E-state index in [1.165, 1.54) is 18.3 Å². The van der Waals surface area contributed by atoms with Crippen molar-refractivity contribution in [3.05, 3.63) is 57.3 Å². The second-order valence-corrected chi connectivity index (χ2v) is 7.35. The lowest BCUT2D eigenvalue weighted by molar-refractivity contribution is 0.103. The minimum Gasteiger partial charge on any atom is -0.289 e. The number of hydrogen-bond donors (Lipinski definition) is 1. The van der Waals surface area contributed by atoms with Gasteiger partial charge in [0.1, 0.15) is 5.15 Å². The summed E-state index contributed by atoms with van der Waals surface area (Å²) in [5, 5.41) is 0.213. The number of carbonyl (C=O) groups excluding carboxylic acids is 1. The van der Waals surface area contributed by atoms with Gasteiger partial charge in [0.15, 0.2) is 5.78 Å². The Morgan fingerprint density at radius 2 is 1.95 bits per heavy atom. The minimum absolute atomic E-state index is 0.213. The van der Waals surface area contributed by atoms with E-state index in [1.807, 2.05) is 0 Å². The van der Waals surface area contributed by atoms with Crippen LogP contribution in [0.3, 0.4) is 0 Å². The zero-order chi connectivity index (χ0) is 15.6.